The molecule has 1 N–H and O–H groups in total. The van der Waals surface area contributed by atoms with Crippen LogP contribution in [0.15, 0.2) is 24.3 Å². The van der Waals surface area contributed by atoms with Gasteiger partial charge >= 0.3 is 6.09 Å². The van der Waals surface area contributed by atoms with Gasteiger partial charge in [-0.1, -0.05) is 25.1 Å². The molecule has 1 amide bonds. The van der Waals surface area contributed by atoms with Crippen LogP contribution in [0.4, 0.5) is 10.5 Å². The first-order valence-corrected chi connectivity index (χ1v) is 5.87. The van der Waals surface area contributed by atoms with Crippen molar-refractivity contribution in [2.75, 3.05) is 25.1 Å². The van der Waals surface area contributed by atoms with E-state index in [4.69, 9.17) is 9.47 Å². The molecule has 1 aromatic rings. The molecular weight excluding hydrogens is 218 g/mol. The smallest absolute Gasteiger partial charge is 0.411 e. The van der Waals surface area contributed by atoms with Crippen LogP contribution in [0.25, 0.3) is 0 Å². The summed E-state index contributed by atoms with van der Waals surface area (Å²) in [5.74, 6) is 0. The number of hydrogen-bond donors (Lipinski definition) is 1. The molecule has 0 aromatic heterocycles. The minimum atomic E-state index is -0.439. The van der Waals surface area contributed by atoms with Crippen LogP contribution in [0.1, 0.15) is 19.4 Å². The molecule has 1 aromatic carbocycles. The molecule has 0 saturated carbocycles. The van der Waals surface area contributed by atoms with Crippen LogP contribution in [0.5, 0.6) is 0 Å². The van der Waals surface area contributed by atoms with E-state index in [-0.39, 0.29) is 6.61 Å². The van der Waals surface area contributed by atoms with Gasteiger partial charge in [-0.25, -0.2) is 4.79 Å². The van der Waals surface area contributed by atoms with Gasteiger partial charge in [0.2, 0.25) is 0 Å². The largest absolute Gasteiger partial charge is 0.447 e. The Morgan fingerprint density at radius 2 is 2.00 bits per heavy atom. The van der Waals surface area contributed by atoms with Gasteiger partial charge in [-0.3, -0.25) is 5.32 Å². The second-order valence-electron chi connectivity index (χ2n) is 3.47. The van der Waals surface area contributed by atoms with E-state index in [1.807, 2.05) is 38.1 Å². The van der Waals surface area contributed by atoms with Gasteiger partial charge in [-0.2, -0.15) is 0 Å². The maximum atomic E-state index is 11.5. The normalized spacial score (nSPS) is 10.0. The molecule has 0 bridgehead atoms. The quantitative estimate of drug-likeness (QED) is 0.774. The lowest BCUT2D eigenvalue weighted by Gasteiger charge is -2.10. The summed E-state index contributed by atoms with van der Waals surface area (Å²) in [6.07, 6.45) is 0.431. The minimum Gasteiger partial charge on any atom is -0.447 e. The number of carbonyl (C=O) groups is 1. The highest BCUT2D eigenvalue weighted by Crippen LogP contribution is 2.15. The maximum absolute atomic E-state index is 11.5. The molecule has 94 valence electrons. The first kappa shape index (κ1) is 13.5. The van der Waals surface area contributed by atoms with E-state index in [2.05, 4.69) is 5.32 Å². The fourth-order valence-corrected chi connectivity index (χ4v) is 1.43. The average Bonchev–Trinajstić information content (AvgIpc) is 2.35. The molecule has 0 spiro atoms. The number of ether oxygens (including phenoxy) is 2. The van der Waals surface area contributed by atoms with E-state index in [0.29, 0.717) is 13.2 Å². The Balaban J connectivity index is 2.39. The molecule has 0 fully saturated rings. The van der Waals surface area contributed by atoms with Gasteiger partial charge in [0.05, 0.1) is 6.61 Å². The molecule has 0 aliphatic carbocycles. The highest BCUT2D eigenvalue weighted by atomic mass is 16.6. The van der Waals surface area contributed by atoms with Crippen molar-refractivity contribution < 1.29 is 14.3 Å². The summed E-state index contributed by atoms with van der Waals surface area (Å²) in [5.41, 5.74) is 1.89. The summed E-state index contributed by atoms with van der Waals surface area (Å²) >= 11 is 0. The second-order valence-corrected chi connectivity index (χ2v) is 3.47. The number of anilines is 1. The lowest BCUT2D eigenvalue weighted by Crippen LogP contribution is -2.17. The van der Waals surface area contributed by atoms with E-state index in [1.165, 1.54) is 0 Å². The molecule has 1 rings (SSSR count). The third kappa shape index (κ3) is 4.87. The summed E-state index contributed by atoms with van der Waals surface area (Å²) < 4.78 is 10.0. The lowest BCUT2D eigenvalue weighted by molar-refractivity contribution is 0.0850. The molecule has 0 radical (unpaired) electrons. The Morgan fingerprint density at radius 1 is 1.24 bits per heavy atom. The monoisotopic (exact) mass is 237 g/mol. The van der Waals surface area contributed by atoms with Gasteiger partial charge in [0.15, 0.2) is 0 Å². The fraction of sp³-hybridized carbons (Fsp3) is 0.462. The van der Waals surface area contributed by atoms with E-state index in [1.54, 1.807) is 0 Å². The predicted octanol–water partition coefficient (Wildman–Crippen LogP) is 2.83. The fourth-order valence-electron chi connectivity index (χ4n) is 1.43. The van der Waals surface area contributed by atoms with Crippen molar-refractivity contribution in [3.05, 3.63) is 29.8 Å². The molecule has 4 nitrogen and oxygen atoms in total. The van der Waals surface area contributed by atoms with Gasteiger partial charge < -0.3 is 9.47 Å². The van der Waals surface area contributed by atoms with Crippen LogP contribution in [0.3, 0.4) is 0 Å². The van der Waals surface area contributed by atoms with Crippen LogP contribution in [0, 0.1) is 0 Å². The van der Waals surface area contributed by atoms with Crippen LogP contribution in [-0.2, 0) is 15.9 Å². The van der Waals surface area contributed by atoms with Crippen molar-refractivity contribution in [3.63, 3.8) is 0 Å². The number of para-hydroxylation sites is 1. The number of amides is 1. The summed E-state index contributed by atoms with van der Waals surface area (Å²) in [7, 11) is 0. The summed E-state index contributed by atoms with van der Waals surface area (Å²) in [6, 6.07) is 7.68. The SMILES string of the molecule is CCOCCOC(=O)Nc1ccccc1CC. The summed E-state index contributed by atoms with van der Waals surface area (Å²) in [5, 5.41) is 2.72. The number of benzene rings is 1. The number of rotatable bonds is 6. The third-order valence-electron chi connectivity index (χ3n) is 2.30. The number of aryl methyl sites for hydroxylation is 1. The molecule has 0 saturated heterocycles. The Kier molecular flexibility index (Phi) is 6.10. The second kappa shape index (κ2) is 7.68. The lowest BCUT2D eigenvalue weighted by atomic mass is 10.1. The predicted molar refractivity (Wildman–Crippen MR) is 67.3 cm³/mol. The number of hydrogen-bond acceptors (Lipinski definition) is 3. The van der Waals surface area contributed by atoms with Crippen molar-refractivity contribution in [2.24, 2.45) is 0 Å². The molecule has 0 aliphatic heterocycles. The van der Waals surface area contributed by atoms with E-state index in [0.717, 1.165) is 17.7 Å². The highest BCUT2D eigenvalue weighted by Gasteiger charge is 2.05. The van der Waals surface area contributed by atoms with Crippen LogP contribution >= 0.6 is 0 Å². The zero-order valence-corrected chi connectivity index (χ0v) is 10.4. The molecule has 4 heteroatoms. The Morgan fingerprint density at radius 3 is 2.71 bits per heavy atom. The Bertz CT molecular complexity index is 352. The van der Waals surface area contributed by atoms with Crippen LogP contribution in [0.2, 0.25) is 0 Å². The Hall–Kier alpha value is -1.55. The van der Waals surface area contributed by atoms with Gasteiger partial charge in [-0.05, 0) is 25.0 Å². The summed E-state index contributed by atoms with van der Waals surface area (Å²) in [4.78, 5) is 11.5. The zero-order valence-electron chi connectivity index (χ0n) is 10.4. The van der Waals surface area contributed by atoms with Gasteiger partial charge in [0, 0.05) is 12.3 Å². The highest BCUT2D eigenvalue weighted by molar-refractivity contribution is 5.85. The molecule has 17 heavy (non-hydrogen) atoms. The zero-order chi connectivity index (χ0) is 12.5. The summed E-state index contributed by atoms with van der Waals surface area (Å²) in [6.45, 7) is 5.27. The van der Waals surface area contributed by atoms with Crippen molar-refractivity contribution in [1.29, 1.82) is 0 Å². The molecule has 0 aliphatic rings. The number of carbonyl (C=O) groups excluding carboxylic acids is 1. The average molecular weight is 237 g/mol. The molecule has 0 heterocycles. The van der Waals surface area contributed by atoms with Crippen LogP contribution < -0.4 is 5.32 Å². The van der Waals surface area contributed by atoms with E-state index < -0.39 is 6.09 Å². The molecular formula is C13H19NO3. The van der Waals surface area contributed by atoms with Crippen molar-refractivity contribution >= 4 is 11.8 Å². The van der Waals surface area contributed by atoms with Crippen molar-refractivity contribution in [2.45, 2.75) is 20.3 Å². The standard InChI is InChI=1S/C13H19NO3/c1-3-11-7-5-6-8-12(11)14-13(15)17-10-9-16-4-2/h5-8H,3-4,9-10H2,1-2H3,(H,14,15). The van der Waals surface area contributed by atoms with Crippen LogP contribution in [-0.4, -0.2) is 25.9 Å². The maximum Gasteiger partial charge on any atom is 0.411 e. The first-order chi connectivity index (χ1) is 8.27. The number of nitrogens with one attached hydrogen (secondary N) is 1. The molecule has 0 unspecified atom stereocenters. The topological polar surface area (TPSA) is 47.6 Å². The van der Waals surface area contributed by atoms with Gasteiger partial charge in [0.25, 0.3) is 0 Å². The van der Waals surface area contributed by atoms with Gasteiger partial charge in [0.1, 0.15) is 6.61 Å². The van der Waals surface area contributed by atoms with Crippen molar-refractivity contribution in [1.82, 2.24) is 0 Å². The van der Waals surface area contributed by atoms with E-state index in [9.17, 15) is 4.79 Å². The Labute approximate surface area is 102 Å². The first-order valence-electron chi connectivity index (χ1n) is 5.87. The van der Waals surface area contributed by atoms with Gasteiger partial charge in [-0.15, -0.1) is 0 Å². The third-order valence-corrected chi connectivity index (χ3v) is 2.30. The molecule has 0 atom stereocenters. The van der Waals surface area contributed by atoms with E-state index >= 15 is 0 Å². The van der Waals surface area contributed by atoms with Crippen molar-refractivity contribution in [3.8, 4) is 0 Å². The minimum absolute atomic E-state index is 0.272.